The maximum atomic E-state index is 13.1. The third-order valence-corrected chi connectivity index (χ3v) is 5.50. The van der Waals surface area contributed by atoms with Gasteiger partial charge in [-0.1, -0.05) is 56.3 Å². The number of amidine groups is 1. The van der Waals surface area contributed by atoms with Gasteiger partial charge in [0, 0.05) is 31.4 Å². The van der Waals surface area contributed by atoms with Crippen molar-refractivity contribution in [3.8, 4) is 11.4 Å². The second-order valence-corrected chi connectivity index (χ2v) is 8.67. The van der Waals surface area contributed by atoms with Crippen molar-refractivity contribution >= 4 is 17.4 Å². The minimum atomic E-state index is -0.481. The SMILES string of the molecule is CC(C)CN1C(=N)/C(=C(\NCc2ccc(-c3ncc(F)cn3)cc2)Nc2ccccc2)C(=O)N1C. The van der Waals surface area contributed by atoms with Crippen molar-refractivity contribution in [1.29, 1.82) is 5.41 Å². The second-order valence-electron chi connectivity index (χ2n) is 8.67. The van der Waals surface area contributed by atoms with E-state index in [0.29, 0.717) is 24.7 Å². The fraction of sp³-hybridized carbons (Fsp3) is 0.231. The van der Waals surface area contributed by atoms with E-state index in [0.717, 1.165) is 29.2 Å². The number of amides is 1. The molecule has 0 atom stereocenters. The molecule has 3 N–H and O–H groups in total. The van der Waals surface area contributed by atoms with E-state index in [-0.39, 0.29) is 23.2 Å². The van der Waals surface area contributed by atoms with E-state index in [1.165, 1.54) is 5.01 Å². The first-order chi connectivity index (χ1) is 16.8. The molecule has 1 saturated heterocycles. The minimum Gasteiger partial charge on any atom is -0.367 e. The Morgan fingerprint density at radius 3 is 2.34 bits per heavy atom. The molecule has 1 fully saturated rings. The summed E-state index contributed by atoms with van der Waals surface area (Å²) in [5.41, 5.74) is 2.81. The smallest absolute Gasteiger partial charge is 0.279 e. The second kappa shape index (κ2) is 10.3. The molecule has 1 aliphatic rings. The molecule has 0 spiro atoms. The average molecular weight is 474 g/mol. The van der Waals surface area contributed by atoms with Crippen LogP contribution in [0.5, 0.6) is 0 Å². The summed E-state index contributed by atoms with van der Waals surface area (Å²) >= 11 is 0. The molecule has 0 bridgehead atoms. The van der Waals surface area contributed by atoms with Crippen LogP contribution in [0.1, 0.15) is 19.4 Å². The number of hydrazine groups is 1. The van der Waals surface area contributed by atoms with E-state index < -0.39 is 5.82 Å². The first-order valence-corrected chi connectivity index (χ1v) is 11.3. The summed E-state index contributed by atoms with van der Waals surface area (Å²) < 4.78 is 13.1. The number of para-hydroxylation sites is 1. The van der Waals surface area contributed by atoms with Crippen LogP contribution in [0, 0.1) is 17.1 Å². The van der Waals surface area contributed by atoms with Crippen molar-refractivity contribution in [3.05, 3.63) is 89.8 Å². The number of benzene rings is 2. The van der Waals surface area contributed by atoms with Crippen molar-refractivity contribution in [2.24, 2.45) is 5.92 Å². The molecule has 9 heteroatoms. The molecule has 4 rings (SSSR count). The van der Waals surface area contributed by atoms with E-state index in [9.17, 15) is 9.18 Å². The highest BCUT2D eigenvalue weighted by Gasteiger charge is 2.38. The van der Waals surface area contributed by atoms with Gasteiger partial charge in [0.05, 0.1) is 12.4 Å². The molecule has 0 radical (unpaired) electrons. The Bertz CT molecular complexity index is 1220. The molecule has 3 aromatic rings. The highest BCUT2D eigenvalue weighted by atomic mass is 19.1. The van der Waals surface area contributed by atoms with Gasteiger partial charge in [-0.3, -0.25) is 20.2 Å². The zero-order chi connectivity index (χ0) is 24.9. The van der Waals surface area contributed by atoms with Gasteiger partial charge in [-0.2, -0.15) is 0 Å². The Morgan fingerprint density at radius 2 is 1.71 bits per heavy atom. The largest absolute Gasteiger partial charge is 0.367 e. The molecule has 0 unspecified atom stereocenters. The lowest BCUT2D eigenvalue weighted by atomic mass is 10.1. The summed E-state index contributed by atoms with van der Waals surface area (Å²) in [4.78, 5) is 21.2. The number of hydrogen-bond donors (Lipinski definition) is 3. The summed E-state index contributed by atoms with van der Waals surface area (Å²) in [7, 11) is 1.68. The van der Waals surface area contributed by atoms with Crippen LogP contribution < -0.4 is 10.6 Å². The maximum Gasteiger partial charge on any atom is 0.279 e. The van der Waals surface area contributed by atoms with Gasteiger partial charge in [-0.25, -0.2) is 14.4 Å². The predicted octanol–water partition coefficient (Wildman–Crippen LogP) is 4.02. The van der Waals surface area contributed by atoms with Crippen LogP contribution in [0.3, 0.4) is 0 Å². The average Bonchev–Trinajstić information content (AvgIpc) is 3.06. The summed E-state index contributed by atoms with van der Waals surface area (Å²) in [6.07, 6.45) is 2.28. The minimum absolute atomic E-state index is 0.154. The first kappa shape index (κ1) is 23.9. The molecular weight excluding hydrogens is 445 g/mol. The fourth-order valence-electron chi connectivity index (χ4n) is 3.72. The lowest BCUT2D eigenvalue weighted by Gasteiger charge is -2.26. The Morgan fingerprint density at radius 1 is 1.06 bits per heavy atom. The van der Waals surface area contributed by atoms with E-state index in [2.05, 4.69) is 34.4 Å². The van der Waals surface area contributed by atoms with Crippen LogP contribution >= 0.6 is 0 Å². The van der Waals surface area contributed by atoms with Crippen molar-refractivity contribution < 1.29 is 9.18 Å². The zero-order valence-electron chi connectivity index (χ0n) is 19.9. The van der Waals surface area contributed by atoms with Crippen LogP contribution in [0.25, 0.3) is 11.4 Å². The van der Waals surface area contributed by atoms with Gasteiger partial charge in [-0.15, -0.1) is 0 Å². The molecule has 0 aliphatic carbocycles. The van der Waals surface area contributed by atoms with E-state index >= 15 is 0 Å². The molecule has 2 aromatic carbocycles. The predicted molar refractivity (Wildman–Crippen MR) is 133 cm³/mol. The van der Waals surface area contributed by atoms with Crippen LogP contribution in [0.2, 0.25) is 0 Å². The fourth-order valence-corrected chi connectivity index (χ4v) is 3.72. The van der Waals surface area contributed by atoms with Gasteiger partial charge in [0.15, 0.2) is 17.5 Å². The van der Waals surface area contributed by atoms with Crippen molar-refractivity contribution in [2.45, 2.75) is 20.4 Å². The molecule has 180 valence electrons. The normalized spacial score (nSPS) is 15.1. The number of anilines is 1. The summed E-state index contributed by atoms with van der Waals surface area (Å²) in [6.45, 7) is 5.08. The number of hydrogen-bond acceptors (Lipinski definition) is 6. The van der Waals surface area contributed by atoms with Gasteiger partial charge in [0.1, 0.15) is 11.4 Å². The molecule has 0 saturated carbocycles. The molecule has 2 heterocycles. The Hall–Kier alpha value is -4.27. The van der Waals surface area contributed by atoms with Crippen molar-refractivity contribution in [2.75, 3.05) is 18.9 Å². The molecular formula is C26H28FN7O. The van der Waals surface area contributed by atoms with E-state index in [1.807, 2.05) is 54.6 Å². The van der Waals surface area contributed by atoms with E-state index in [1.54, 1.807) is 12.1 Å². The number of likely N-dealkylation sites (N-methyl/N-ethyl adjacent to an activating group) is 1. The Balaban J connectivity index is 1.58. The quantitative estimate of drug-likeness (QED) is 0.428. The monoisotopic (exact) mass is 473 g/mol. The molecule has 35 heavy (non-hydrogen) atoms. The van der Waals surface area contributed by atoms with Crippen molar-refractivity contribution in [1.82, 2.24) is 25.3 Å². The lowest BCUT2D eigenvalue weighted by molar-refractivity contribution is -0.132. The standard InChI is InChI=1S/C26H28FN7O/c1-17(2)16-34-23(28)22(26(35)33(34)3)25(32-21-7-5-4-6-8-21)29-13-18-9-11-19(12-10-18)24-30-14-20(27)15-31-24/h4-12,14-15,17,28-29,32H,13,16H2,1-3H3/b25-22-,28-23?. The number of rotatable bonds is 8. The number of nitrogens with zero attached hydrogens (tertiary/aromatic N) is 4. The van der Waals surface area contributed by atoms with Crippen LogP contribution in [0.15, 0.2) is 78.4 Å². The number of carbonyl (C=O) groups is 1. The summed E-state index contributed by atoms with van der Waals surface area (Å²) in [5, 5.41) is 18.5. The number of halogens is 1. The maximum absolute atomic E-state index is 13.1. The molecule has 1 amide bonds. The highest BCUT2D eigenvalue weighted by Crippen LogP contribution is 2.23. The Kier molecular flexibility index (Phi) is 7.05. The number of nitrogens with one attached hydrogen (secondary N) is 3. The van der Waals surface area contributed by atoms with Gasteiger partial charge in [0.25, 0.3) is 5.91 Å². The molecule has 1 aliphatic heterocycles. The third kappa shape index (κ3) is 5.46. The zero-order valence-corrected chi connectivity index (χ0v) is 19.9. The third-order valence-electron chi connectivity index (χ3n) is 5.50. The highest BCUT2D eigenvalue weighted by molar-refractivity contribution is 6.24. The van der Waals surface area contributed by atoms with Crippen LogP contribution in [-0.4, -0.2) is 45.3 Å². The number of aromatic nitrogens is 2. The Labute approximate surface area is 204 Å². The van der Waals surface area contributed by atoms with Gasteiger partial charge in [0.2, 0.25) is 0 Å². The van der Waals surface area contributed by atoms with Crippen LogP contribution in [-0.2, 0) is 11.3 Å². The molecule has 1 aromatic heterocycles. The first-order valence-electron chi connectivity index (χ1n) is 11.3. The van der Waals surface area contributed by atoms with Crippen molar-refractivity contribution in [3.63, 3.8) is 0 Å². The van der Waals surface area contributed by atoms with Gasteiger partial charge < -0.3 is 10.6 Å². The summed E-state index contributed by atoms with van der Waals surface area (Å²) in [5.74, 6) is 0.622. The lowest BCUT2D eigenvalue weighted by Crippen LogP contribution is -2.39. The van der Waals surface area contributed by atoms with Gasteiger partial charge in [-0.05, 0) is 23.6 Å². The topological polar surface area (TPSA) is 97.2 Å². The molecule has 8 nitrogen and oxygen atoms in total. The number of carbonyl (C=O) groups excluding carboxylic acids is 1. The van der Waals surface area contributed by atoms with Gasteiger partial charge >= 0.3 is 0 Å². The van der Waals surface area contributed by atoms with E-state index in [4.69, 9.17) is 5.41 Å². The summed E-state index contributed by atoms with van der Waals surface area (Å²) in [6, 6.07) is 17.1. The van der Waals surface area contributed by atoms with Crippen LogP contribution in [0.4, 0.5) is 10.1 Å².